The first-order chi connectivity index (χ1) is 8.10. The van der Waals surface area contributed by atoms with Gasteiger partial charge in [0.25, 0.3) is 0 Å². The third-order valence-corrected chi connectivity index (χ3v) is 3.25. The number of carbonyl (C=O) groups is 1. The van der Waals surface area contributed by atoms with Gasteiger partial charge in [0.1, 0.15) is 0 Å². The Morgan fingerprint density at radius 1 is 1.53 bits per heavy atom. The van der Waals surface area contributed by atoms with Crippen LogP contribution in [0.4, 0.5) is 0 Å². The molecule has 1 heterocycles. The molecule has 1 amide bonds. The Hall–Kier alpha value is -1.12. The van der Waals surface area contributed by atoms with Gasteiger partial charge in [0.2, 0.25) is 5.91 Å². The van der Waals surface area contributed by atoms with Crippen molar-refractivity contribution in [2.45, 2.75) is 38.8 Å². The lowest BCUT2D eigenvalue weighted by atomic mass is 10.1. The van der Waals surface area contributed by atoms with Crippen molar-refractivity contribution in [3.8, 4) is 6.07 Å². The Morgan fingerprint density at radius 3 is 2.76 bits per heavy atom. The predicted octanol–water partition coefficient (Wildman–Crippen LogP) is 0.170. The maximum Gasteiger partial charge on any atom is 0.224 e. The monoisotopic (exact) mass is 238 g/mol. The zero-order valence-corrected chi connectivity index (χ0v) is 10.7. The van der Waals surface area contributed by atoms with Gasteiger partial charge in [0.05, 0.1) is 18.5 Å². The van der Waals surface area contributed by atoms with E-state index in [1.807, 2.05) is 4.90 Å². The van der Waals surface area contributed by atoms with E-state index in [-0.39, 0.29) is 11.9 Å². The molecular formula is C12H22N4O. The number of hydrogen-bond donors (Lipinski definition) is 1. The maximum absolute atomic E-state index is 11.9. The van der Waals surface area contributed by atoms with Crippen LogP contribution in [0.5, 0.6) is 0 Å². The minimum absolute atomic E-state index is 0.0233. The lowest BCUT2D eigenvalue weighted by Gasteiger charge is -2.42. The highest BCUT2D eigenvalue weighted by atomic mass is 16.2. The van der Waals surface area contributed by atoms with Crippen molar-refractivity contribution in [3.05, 3.63) is 0 Å². The second-order valence-electron chi connectivity index (χ2n) is 4.73. The number of hydrogen-bond acceptors (Lipinski definition) is 4. The largest absolute Gasteiger partial charge is 0.336 e. The lowest BCUT2D eigenvalue weighted by molar-refractivity contribution is -0.136. The zero-order valence-electron chi connectivity index (χ0n) is 10.7. The van der Waals surface area contributed by atoms with Crippen molar-refractivity contribution in [2.24, 2.45) is 5.73 Å². The summed E-state index contributed by atoms with van der Waals surface area (Å²) in [6.07, 6.45) is 0.781. The van der Waals surface area contributed by atoms with Gasteiger partial charge in [-0.05, 0) is 13.8 Å². The van der Waals surface area contributed by atoms with E-state index in [2.05, 4.69) is 24.8 Å². The molecule has 5 heteroatoms. The van der Waals surface area contributed by atoms with Gasteiger partial charge in [0.15, 0.2) is 0 Å². The van der Waals surface area contributed by atoms with E-state index in [9.17, 15) is 4.79 Å². The highest BCUT2D eigenvalue weighted by Gasteiger charge is 2.30. The second-order valence-corrected chi connectivity index (χ2v) is 4.73. The van der Waals surface area contributed by atoms with E-state index in [0.29, 0.717) is 32.0 Å². The molecular weight excluding hydrogens is 216 g/mol. The highest BCUT2D eigenvalue weighted by Crippen LogP contribution is 2.15. The topological polar surface area (TPSA) is 73.4 Å². The van der Waals surface area contributed by atoms with Gasteiger partial charge in [-0.3, -0.25) is 9.69 Å². The molecule has 17 heavy (non-hydrogen) atoms. The molecule has 2 N–H and O–H groups in total. The smallest absolute Gasteiger partial charge is 0.224 e. The van der Waals surface area contributed by atoms with Crippen LogP contribution in [0.1, 0.15) is 26.7 Å². The molecule has 0 unspecified atom stereocenters. The van der Waals surface area contributed by atoms with Crippen LogP contribution in [-0.2, 0) is 4.79 Å². The van der Waals surface area contributed by atoms with Crippen molar-refractivity contribution in [1.29, 1.82) is 5.26 Å². The van der Waals surface area contributed by atoms with E-state index >= 15 is 0 Å². The fraction of sp³-hybridized carbons (Fsp3) is 0.833. The summed E-state index contributed by atoms with van der Waals surface area (Å²) in [5, 5.41) is 8.84. The first kappa shape index (κ1) is 13.9. The molecule has 5 nitrogen and oxygen atoms in total. The standard InChI is InChI=1S/C12H22N4O/c1-10(2)15-7-8-16(12(17)4-6-14)11(9-15)3-5-13/h10-11H,3-4,6-9,14H2,1-2H3/t11-/m0/s1. The molecule has 0 spiro atoms. The van der Waals surface area contributed by atoms with Crippen LogP contribution in [0.15, 0.2) is 0 Å². The van der Waals surface area contributed by atoms with Gasteiger partial charge in [-0.1, -0.05) is 0 Å². The van der Waals surface area contributed by atoms with Crippen LogP contribution in [0.2, 0.25) is 0 Å². The highest BCUT2D eigenvalue weighted by molar-refractivity contribution is 5.76. The summed E-state index contributed by atoms with van der Waals surface area (Å²) in [6.45, 7) is 7.05. The Bertz CT molecular complexity index is 297. The second kappa shape index (κ2) is 6.58. The van der Waals surface area contributed by atoms with Crippen molar-refractivity contribution in [3.63, 3.8) is 0 Å². The average molecular weight is 238 g/mol. The Kier molecular flexibility index (Phi) is 5.39. The fourth-order valence-corrected chi connectivity index (χ4v) is 2.22. The molecule has 0 aromatic carbocycles. The summed E-state index contributed by atoms with van der Waals surface area (Å²) < 4.78 is 0. The van der Waals surface area contributed by atoms with Gasteiger partial charge in [-0.25, -0.2) is 0 Å². The molecule has 0 saturated carbocycles. The van der Waals surface area contributed by atoms with Crippen LogP contribution < -0.4 is 5.73 Å². The average Bonchev–Trinajstić information content (AvgIpc) is 2.29. The summed E-state index contributed by atoms with van der Waals surface area (Å²) >= 11 is 0. The summed E-state index contributed by atoms with van der Waals surface area (Å²) in [4.78, 5) is 16.0. The van der Waals surface area contributed by atoms with Crippen molar-refractivity contribution in [2.75, 3.05) is 26.2 Å². The van der Waals surface area contributed by atoms with E-state index < -0.39 is 0 Å². The number of piperazine rings is 1. The molecule has 1 aliphatic heterocycles. The summed E-state index contributed by atoms with van der Waals surface area (Å²) in [7, 11) is 0. The predicted molar refractivity (Wildman–Crippen MR) is 66.1 cm³/mol. The molecule has 0 aromatic rings. The minimum atomic E-state index is 0.0233. The van der Waals surface area contributed by atoms with Crippen molar-refractivity contribution < 1.29 is 4.79 Å². The number of carbonyl (C=O) groups excluding carboxylic acids is 1. The Balaban J connectivity index is 2.66. The summed E-state index contributed by atoms with van der Waals surface area (Å²) in [5.41, 5.74) is 5.41. The molecule has 0 aromatic heterocycles. The van der Waals surface area contributed by atoms with Gasteiger partial charge in [-0.15, -0.1) is 0 Å². The molecule has 0 bridgehead atoms. The number of amides is 1. The van der Waals surface area contributed by atoms with Gasteiger partial charge in [0, 0.05) is 38.6 Å². The number of nitrogens with two attached hydrogens (primary N) is 1. The van der Waals surface area contributed by atoms with Gasteiger partial charge >= 0.3 is 0 Å². The third-order valence-electron chi connectivity index (χ3n) is 3.25. The molecule has 1 rings (SSSR count). The third kappa shape index (κ3) is 3.69. The molecule has 0 aliphatic carbocycles. The van der Waals surface area contributed by atoms with Gasteiger partial charge in [-0.2, -0.15) is 5.26 Å². The van der Waals surface area contributed by atoms with E-state index in [1.54, 1.807) is 0 Å². The van der Waals surface area contributed by atoms with E-state index in [1.165, 1.54) is 0 Å². The van der Waals surface area contributed by atoms with Crippen LogP contribution in [-0.4, -0.2) is 54.0 Å². The van der Waals surface area contributed by atoms with Crippen LogP contribution >= 0.6 is 0 Å². The lowest BCUT2D eigenvalue weighted by Crippen LogP contribution is -2.56. The molecule has 0 radical (unpaired) electrons. The zero-order chi connectivity index (χ0) is 12.8. The first-order valence-electron chi connectivity index (χ1n) is 6.20. The van der Waals surface area contributed by atoms with E-state index in [4.69, 9.17) is 11.0 Å². The molecule has 1 atom stereocenters. The SMILES string of the molecule is CC(C)N1CCN(C(=O)CCN)[C@@H](CC#N)C1. The first-order valence-corrected chi connectivity index (χ1v) is 6.20. The molecule has 1 fully saturated rings. The van der Waals surface area contributed by atoms with Crippen LogP contribution in [0.25, 0.3) is 0 Å². The maximum atomic E-state index is 11.9. The molecule has 1 aliphatic rings. The van der Waals surface area contributed by atoms with E-state index in [0.717, 1.165) is 13.1 Å². The minimum Gasteiger partial charge on any atom is -0.336 e. The fourth-order valence-electron chi connectivity index (χ4n) is 2.22. The Morgan fingerprint density at radius 2 is 2.24 bits per heavy atom. The number of rotatable bonds is 4. The van der Waals surface area contributed by atoms with Crippen molar-refractivity contribution >= 4 is 5.91 Å². The summed E-state index contributed by atoms with van der Waals surface area (Å²) in [6, 6.07) is 2.66. The number of nitriles is 1. The Labute approximate surface area is 103 Å². The normalized spacial score (nSPS) is 21.6. The number of nitrogens with zero attached hydrogens (tertiary/aromatic N) is 3. The molecule has 96 valence electrons. The van der Waals surface area contributed by atoms with Crippen LogP contribution in [0.3, 0.4) is 0 Å². The van der Waals surface area contributed by atoms with Crippen molar-refractivity contribution in [1.82, 2.24) is 9.80 Å². The summed E-state index contributed by atoms with van der Waals surface area (Å²) in [5.74, 6) is 0.0798. The van der Waals surface area contributed by atoms with Gasteiger partial charge < -0.3 is 10.6 Å². The molecule has 1 saturated heterocycles. The quantitative estimate of drug-likeness (QED) is 0.757. The van der Waals surface area contributed by atoms with Crippen LogP contribution in [0, 0.1) is 11.3 Å².